The molecule has 0 spiro atoms. The number of fused-ring (bicyclic) bond motifs is 1. The fourth-order valence-electron chi connectivity index (χ4n) is 2.98. The lowest BCUT2D eigenvalue weighted by atomic mass is 9.91. The standard InChI is InChI=1S/C12H19N3S/c1-8-14-11-6-15(7-12(11)16-8)10-4-2-3-9(13)5-10/h9-10H,2-7,13H2,1H3/t9-,10+/m1/s1. The van der Waals surface area contributed by atoms with Crippen LogP contribution < -0.4 is 5.73 Å². The molecular formula is C12H19N3S. The molecule has 0 unspecified atom stereocenters. The second kappa shape index (κ2) is 4.09. The number of aryl methyl sites for hydroxylation is 1. The van der Waals surface area contributed by atoms with Gasteiger partial charge < -0.3 is 5.73 Å². The molecule has 1 aromatic rings. The molecule has 88 valence electrons. The highest BCUT2D eigenvalue weighted by Gasteiger charge is 2.31. The van der Waals surface area contributed by atoms with Gasteiger partial charge in [-0.2, -0.15) is 0 Å². The molecule has 2 atom stereocenters. The molecule has 0 amide bonds. The van der Waals surface area contributed by atoms with Crippen LogP contribution in [0.25, 0.3) is 0 Å². The van der Waals surface area contributed by atoms with Crippen LogP contribution in [-0.4, -0.2) is 22.0 Å². The van der Waals surface area contributed by atoms with Crippen LogP contribution in [0.15, 0.2) is 0 Å². The van der Waals surface area contributed by atoms with Crippen LogP contribution in [0.4, 0.5) is 0 Å². The van der Waals surface area contributed by atoms with Crippen molar-refractivity contribution < 1.29 is 0 Å². The first-order chi connectivity index (χ1) is 7.72. The average Bonchev–Trinajstić information content (AvgIpc) is 2.74. The lowest BCUT2D eigenvalue weighted by Crippen LogP contribution is -2.40. The van der Waals surface area contributed by atoms with E-state index in [1.807, 2.05) is 11.3 Å². The highest BCUT2D eigenvalue weighted by atomic mass is 32.1. The third-order valence-electron chi connectivity index (χ3n) is 3.79. The zero-order valence-electron chi connectivity index (χ0n) is 9.78. The Labute approximate surface area is 101 Å². The fourth-order valence-corrected chi connectivity index (χ4v) is 3.95. The maximum absolute atomic E-state index is 6.06. The molecule has 1 aliphatic heterocycles. The Kier molecular flexibility index (Phi) is 2.73. The molecule has 2 heterocycles. The van der Waals surface area contributed by atoms with Gasteiger partial charge in [0.2, 0.25) is 0 Å². The van der Waals surface area contributed by atoms with E-state index in [4.69, 9.17) is 5.73 Å². The summed E-state index contributed by atoms with van der Waals surface area (Å²) in [4.78, 5) is 8.66. The van der Waals surface area contributed by atoms with Crippen LogP contribution in [0.3, 0.4) is 0 Å². The zero-order valence-corrected chi connectivity index (χ0v) is 10.6. The van der Waals surface area contributed by atoms with Crippen molar-refractivity contribution in [3.8, 4) is 0 Å². The normalized spacial score (nSPS) is 30.6. The second-order valence-electron chi connectivity index (χ2n) is 5.09. The minimum Gasteiger partial charge on any atom is -0.328 e. The van der Waals surface area contributed by atoms with Gasteiger partial charge in [-0.25, -0.2) is 4.98 Å². The first-order valence-electron chi connectivity index (χ1n) is 6.17. The molecule has 4 heteroatoms. The monoisotopic (exact) mass is 237 g/mol. The zero-order chi connectivity index (χ0) is 11.1. The SMILES string of the molecule is Cc1nc2c(s1)CN([C@H]1CCC[C@@H](N)C1)C2. The summed E-state index contributed by atoms with van der Waals surface area (Å²) in [5.41, 5.74) is 7.38. The quantitative estimate of drug-likeness (QED) is 0.812. The largest absolute Gasteiger partial charge is 0.328 e. The molecule has 1 aliphatic carbocycles. The lowest BCUT2D eigenvalue weighted by molar-refractivity contribution is 0.147. The van der Waals surface area contributed by atoms with Gasteiger partial charge in [-0.05, 0) is 26.2 Å². The van der Waals surface area contributed by atoms with Crippen molar-refractivity contribution in [3.05, 3.63) is 15.6 Å². The second-order valence-corrected chi connectivity index (χ2v) is 6.38. The van der Waals surface area contributed by atoms with Crippen LogP contribution in [-0.2, 0) is 13.1 Å². The number of nitrogens with two attached hydrogens (primary N) is 1. The van der Waals surface area contributed by atoms with Crippen molar-refractivity contribution in [3.63, 3.8) is 0 Å². The van der Waals surface area contributed by atoms with Gasteiger partial charge >= 0.3 is 0 Å². The van der Waals surface area contributed by atoms with Gasteiger partial charge in [0.05, 0.1) is 10.7 Å². The fraction of sp³-hybridized carbons (Fsp3) is 0.750. The minimum atomic E-state index is 0.423. The molecule has 0 radical (unpaired) electrons. The Morgan fingerprint density at radius 1 is 1.38 bits per heavy atom. The Balaban J connectivity index is 1.68. The molecule has 1 aromatic heterocycles. The van der Waals surface area contributed by atoms with Crippen molar-refractivity contribution >= 4 is 11.3 Å². The third-order valence-corrected chi connectivity index (χ3v) is 4.79. The smallest absolute Gasteiger partial charge is 0.0901 e. The summed E-state index contributed by atoms with van der Waals surface area (Å²) in [5, 5.41) is 1.21. The molecular weight excluding hydrogens is 218 g/mol. The number of aromatic nitrogens is 1. The number of hydrogen-bond acceptors (Lipinski definition) is 4. The number of hydrogen-bond donors (Lipinski definition) is 1. The van der Waals surface area contributed by atoms with Crippen molar-refractivity contribution in [2.45, 2.75) is 57.8 Å². The van der Waals surface area contributed by atoms with Gasteiger partial charge in [-0.15, -0.1) is 11.3 Å². The topological polar surface area (TPSA) is 42.2 Å². The van der Waals surface area contributed by atoms with E-state index in [1.54, 1.807) is 0 Å². The maximum Gasteiger partial charge on any atom is 0.0901 e. The van der Waals surface area contributed by atoms with Gasteiger partial charge in [0.15, 0.2) is 0 Å². The summed E-state index contributed by atoms with van der Waals surface area (Å²) in [6.45, 7) is 4.26. The first-order valence-corrected chi connectivity index (χ1v) is 6.99. The van der Waals surface area contributed by atoms with Crippen LogP contribution in [0.2, 0.25) is 0 Å². The van der Waals surface area contributed by atoms with Gasteiger partial charge in [0.25, 0.3) is 0 Å². The van der Waals surface area contributed by atoms with E-state index >= 15 is 0 Å². The Morgan fingerprint density at radius 2 is 2.25 bits per heavy atom. The molecule has 0 aromatic carbocycles. The van der Waals surface area contributed by atoms with E-state index in [1.165, 1.54) is 41.3 Å². The van der Waals surface area contributed by atoms with Crippen molar-refractivity contribution in [1.29, 1.82) is 0 Å². The number of nitrogens with zero attached hydrogens (tertiary/aromatic N) is 2. The summed E-state index contributed by atoms with van der Waals surface area (Å²) < 4.78 is 0. The predicted octanol–water partition coefficient (Wildman–Crippen LogP) is 2.04. The number of thiazole rings is 1. The summed E-state index contributed by atoms with van der Waals surface area (Å²) in [5.74, 6) is 0. The van der Waals surface area contributed by atoms with E-state index in [0.29, 0.717) is 12.1 Å². The Morgan fingerprint density at radius 3 is 3.00 bits per heavy atom. The molecule has 1 fully saturated rings. The first kappa shape index (κ1) is 10.7. The molecule has 3 rings (SSSR count). The van der Waals surface area contributed by atoms with Crippen LogP contribution in [0.5, 0.6) is 0 Å². The Hall–Kier alpha value is -0.450. The molecule has 0 saturated heterocycles. The van der Waals surface area contributed by atoms with E-state index in [-0.39, 0.29) is 0 Å². The summed E-state index contributed by atoms with van der Waals surface area (Å²) in [6.07, 6.45) is 5.00. The molecule has 3 nitrogen and oxygen atoms in total. The average molecular weight is 237 g/mol. The number of rotatable bonds is 1. The van der Waals surface area contributed by atoms with Gasteiger partial charge in [-0.1, -0.05) is 6.42 Å². The van der Waals surface area contributed by atoms with Crippen molar-refractivity contribution in [2.24, 2.45) is 5.73 Å². The third kappa shape index (κ3) is 1.90. The molecule has 1 saturated carbocycles. The molecule has 2 aliphatic rings. The van der Waals surface area contributed by atoms with E-state index in [0.717, 1.165) is 13.1 Å². The van der Waals surface area contributed by atoms with E-state index in [2.05, 4.69) is 16.8 Å². The van der Waals surface area contributed by atoms with Gasteiger partial charge in [0, 0.05) is 30.1 Å². The van der Waals surface area contributed by atoms with Gasteiger partial charge in [-0.3, -0.25) is 4.90 Å². The van der Waals surface area contributed by atoms with E-state index < -0.39 is 0 Å². The van der Waals surface area contributed by atoms with Crippen LogP contribution in [0.1, 0.15) is 41.3 Å². The predicted molar refractivity (Wildman–Crippen MR) is 66.3 cm³/mol. The summed E-state index contributed by atoms with van der Waals surface area (Å²) in [7, 11) is 0. The molecule has 16 heavy (non-hydrogen) atoms. The van der Waals surface area contributed by atoms with Crippen LogP contribution in [0, 0.1) is 6.92 Å². The van der Waals surface area contributed by atoms with Gasteiger partial charge in [0.1, 0.15) is 0 Å². The summed E-state index contributed by atoms with van der Waals surface area (Å²) >= 11 is 1.86. The highest BCUT2D eigenvalue weighted by molar-refractivity contribution is 7.11. The lowest BCUT2D eigenvalue weighted by Gasteiger charge is -2.33. The molecule has 0 bridgehead atoms. The minimum absolute atomic E-state index is 0.423. The highest BCUT2D eigenvalue weighted by Crippen LogP contribution is 2.32. The van der Waals surface area contributed by atoms with E-state index in [9.17, 15) is 0 Å². The van der Waals surface area contributed by atoms with Crippen molar-refractivity contribution in [1.82, 2.24) is 9.88 Å². The molecule has 2 N–H and O–H groups in total. The Bertz CT molecular complexity index is 364. The van der Waals surface area contributed by atoms with Crippen molar-refractivity contribution in [2.75, 3.05) is 0 Å². The maximum atomic E-state index is 6.06. The summed E-state index contributed by atoms with van der Waals surface area (Å²) in [6, 6.07) is 1.12. The van der Waals surface area contributed by atoms with Crippen LogP contribution >= 0.6 is 11.3 Å².